The van der Waals surface area contributed by atoms with E-state index in [-0.39, 0.29) is 16.8 Å². The number of nitrogens with zero attached hydrogens (tertiary/aromatic N) is 1. The fourth-order valence-corrected chi connectivity index (χ4v) is 3.66. The van der Waals surface area contributed by atoms with E-state index in [1.165, 1.54) is 12.3 Å². The number of rotatable bonds is 4. The summed E-state index contributed by atoms with van der Waals surface area (Å²) in [5.41, 5.74) is 0.490. The molecule has 4 rings (SSSR count). The first-order valence-corrected chi connectivity index (χ1v) is 10.1. The molecule has 3 aromatic rings. The van der Waals surface area contributed by atoms with Gasteiger partial charge < -0.3 is 15.0 Å². The van der Waals surface area contributed by atoms with Gasteiger partial charge in [-0.2, -0.15) is 0 Å². The van der Waals surface area contributed by atoms with Crippen molar-refractivity contribution in [1.29, 1.82) is 0 Å². The summed E-state index contributed by atoms with van der Waals surface area (Å²) in [5, 5.41) is 3.23. The minimum absolute atomic E-state index is 0.0816. The van der Waals surface area contributed by atoms with Gasteiger partial charge in [-0.25, -0.2) is 4.98 Å². The largest absolute Gasteiger partial charge is 0.439 e. The number of pyridine rings is 2. The molecule has 31 heavy (non-hydrogen) atoms. The molecule has 7 nitrogen and oxygen atoms in total. The number of carbonyl (C=O) groups excluding carboxylic acids is 2. The summed E-state index contributed by atoms with van der Waals surface area (Å²) in [6, 6.07) is 11.4. The van der Waals surface area contributed by atoms with Gasteiger partial charge in [0.25, 0.3) is 11.5 Å². The number of aromatic amines is 1. The summed E-state index contributed by atoms with van der Waals surface area (Å²) in [6.45, 7) is 3.94. The maximum atomic E-state index is 12.6. The maximum Gasteiger partial charge on any atom is 0.261 e. The van der Waals surface area contributed by atoms with Crippen molar-refractivity contribution < 1.29 is 14.3 Å². The average Bonchev–Trinajstić information content (AvgIpc) is 2.69. The number of aromatic nitrogens is 2. The van der Waals surface area contributed by atoms with E-state index in [1.807, 2.05) is 13.8 Å². The van der Waals surface area contributed by atoms with Crippen LogP contribution in [0, 0.1) is 5.41 Å². The predicted molar refractivity (Wildman–Crippen MR) is 117 cm³/mol. The van der Waals surface area contributed by atoms with E-state index in [0.29, 0.717) is 46.4 Å². The van der Waals surface area contributed by atoms with Crippen LogP contribution >= 0.6 is 11.6 Å². The van der Waals surface area contributed by atoms with Crippen LogP contribution in [0.3, 0.4) is 0 Å². The number of benzene rings is 1. The number of Topliss-reactive ketones (excluding diaryl/α,β-unsaturated/α-hetero) is 1. The van der Waals surface area contributed by atoms with E-state index in [2.05, 4.69) is 15.3 Å². The highest BCUT2D eigenvalue weighted by Gasteiger charge is 2.32. The van der Waals surface area contributed by atoms with Gasteiger partial charge in [0.05, 0.1) is 11.9 Å². The van der Waals surface area contributed by atoms with Crippen LogP contribution in [-0.4, -0.2) is 21.7 Å². The van der Waals surface area contributed by atoms with Crippen molar-refractivity contribution in [3.05, 3.63) is 80.9 Å². The Kier molecular flexibility index (Phi) is 5.37. The minimum Gasteiger partial charge on any atom is -0.439 e. The molecule has 2 N–H and O–H groups in total. The topological polar surface area (TPSA) is 101 Å². The van der Waals surface area contributed by atoms with Gasteiger partial charge in [-0.15, -0.1) is 0 Å². The van der Waals surface area contributed by atoms with Crippen molar-refractivity contribution in [3.8, 4) is 11.6 Å². The molecule has 1 amide bonds. The van der Waals surface area contributed by atoms with Crippen molar-refractivity contribution in [2.45, 2.75) is 26.7 Å². The molecule has 1 aliphatic carbocycles. The lowest BCUT2D eigenvalue weighted by Crippen LogP contribution is -2.32. The van der Waals surface area contributed by atoms with E-state index in [9.17, 15) is 14.4 Å². The van der Waals surface area contributed by atoms with Crippen LogP contribution in [0.5, 0.6) is 11.6 Å². The van der Waals surface area contributed by atoms with Gasteiger partial charge in [-0.05, 0) is 48.2 Å². The Balaban J connectivity index is 1.49. The van der Waals surface area contributed by atoms with Crippen LogP contribution in [0.4, 0.5) is 5.69 Å². The number of amides is 1. The third kappa shape index (κ3) is 4.67. The molecule has 0 spiro atoms. The number of carbonyl (C=O) groups is 2. The fraction of sp³-hybridized carbons (Fsp3) is 0.217. The Labute approximate surface area is 183 Å². The third-order valence-electron chi connectivity index (χ3n) is 4.99. The lowest BCUT2D eigenvalue weighted by atomic mass is 9.75. The SMILES string of the molecule is CC1(C)CC(=O)c2cc(C(=O)Nc3ccc(Oc4ccc(Cl)cc4)nc3)c(=O)[nH]c2C1. The molecular weight excluding hydrogens is 418 g/mol. The van der Waals surface area contributed by atoms with Crippen molar-refractivity contribution >= 4 is 29.0 Å². The zero-order valence-electron chi connectivity index (χ0n) is 17.0. The van der Waals surface area contributed by atoms with Gasteiger partial charge in [-0.1, -0.05) is 25.4 Å². The van der Waals surface area contributed by atoms with Crippen LogP contribution in [-0.2, 0) is 6.42 Å². The highest BCUT2D eigenvalue weighted by molar-refractivity contribution is 6.30. The number of ketones is 1. The van der Waals surface area contributed by atoms with Crippen LogP contribution in [0.2, 0.25) is 5.02 Å². The number of anilines is 1. The summed E-state index contributed by atoms with van der Waals surface area (Å²) in [5.74, 6) is 0.207. The number of nitrogens with one attached hydrogen (secondary N) is 2. The second-order valence-electron chi connectivity index (χ2n) is 8.24. The molecule has 0 bridgehead atoms. The Morgan fingerprint density at radius 1 is 1.13 bits per heavy atom. The van der Waals surface area contributed by atoms with Gasteiger partial charge in [0.1, 0.15) is 11.3 Å². The van der Waals surface area contributed by atoms with Crippen molar-refractivity contribution in [2.24, 2.45) is 5.41 Å². The molecule has 8 heteroatoms. The first-order valence-electron chi connectivity index (χ1n) is 9.70. The normalized spacial score (nSPS) is 14.6. The smallest absolute Gasteiger partial charge is 0.261 e. The quantitative estimate of drug-likeness (QED) is 0.620. The van der Waals surface area contributed by atoms with E-state index < -0.39 is 11.5 Å². The molecule has 0 radical (unpaired) electrons. The number of H-pyrrole nitrogens is 1. The van der Waals surface area contributed by atoms with E-state index in [0.717, 1.165) is 0 Å². The van der Waals surface area contributed by atoms with E-state index in [1.54, 1.807) is 36.4 Å². The number of halogens is 1. The van der Waals surface area contributed by atoms with E-state index >= 15 is 0 Å². The van der Waals surface area contributed by atoms with Gasteiger partial charge in [0.15, 0.2) is 5.78 Å². The first-order chi connectivity index (χ1) is 14.7. The summed E-state index contributed by atoms with van der Waals surface area (Å²) >= 11 is 5.85. The standard InChI is InChI=1S/C23H20ClN3O4/c1-23(2)10-18-16(19(28)11-23)9-17(22(30)27-18)21(29)26-14-5-8-20(25-12-14)31-15-6-3-13(24)4-7-15/h3-9,12H,10-11H2,1-2H3,(H,26,29)(H,27,30). The second kappa shape index (κ2) is 8.00. The lowest BCUT2D eigenvalue weighted by Gasteiger charge is -2.29. The molecule has 0 saturated heterocycles. The number of hydrogen-bond donors (Lipinski definition) is 2. The molecule has 0 saturated carbocycles. The lowest BCUT2D eigenvalue weighted by molar-refractivity contribution is 0.0910. The first kappa shape index (κ1) is 20.8. The predicted octanol–water partition coefficient (Wildman–Crippen LogP) is 4.62. The van der Waals surface area contributed by atoms with Crippen molar-refractivity contribution in [3.63, 3.8) is 0 Å². The number of ether oxygens (including phenoxy) is 1. The Morgan fingerprint density at radius 3 is 2.55 bits per heavy atom. The zero-order chi connectivity index (χ0) is 22.2. The Bertz CT molecular complexity index is 1220. The van der Waals surface area contributed by atoms with Gasteiger partial charge in [0.2, 0.25) is 5.88 Å². The molecule has 158 valence electrons. The van der Waals surface area contributed by atoms with Gasteiger partial charge in [0, 0.05) is 28.8 Å². The summed E-state index contributed by atoms with van der Waals surface area (Å²) in [7, 11) is 0. The molecule has 0 fully saturated rings. The summed E-state index contributed by atoms with van der Waals surface area (Å²) in [4.78, 5) is 44.4. The van der Waals surface area contributed by atoms with Crippen LogP contribution < -0.4 is 15.6 Å². The third-order valence-corrected chi connectivity index (χ3v) is 5.24. The molecule has 0 aliphatic heterocycles. The summed E-state index contributed by atoms with van der Waals surface area (Å²) in [6.07, 6.45) is 2.36. The zero-order valence-corrected chi connectivity index (χ0v) is 17.7. The number of hydrogen-bond acceptors (Lipinski definition) is 5. The number of fused-ring (bicyclic) bond motifs is 1. The van der Waals surface area contributed by atoms with Gasteiger partial charge >= 0.3 is 0 Å². The van der Waals surface area contributed by atoms with E-state index in [4.69, 9.17) is 16.3 Å². The molecule has 2 heterocycles. The maximum absolute atomic E-state index is 12.6. The molecular formula is C23H20ClN3O4. The second-order valence-corrected chi connectivity index (χ2v) is 8.68. The fourth-order valence-electron chi connectivity index (χ4n) is 3.53. The molecule has 1 aromatic carbocycles. The monoisotopic (exact) mass is 437 g/mol. The van der Waals surface area contributed by atoms with Crippen molar-refractivity contribution in [1.82, 2.24) is 9.97 Å². The Morgan fingerprint density at radius 2 is 1.87 bits per heavy atom. The molecule has 2 aromatic heterocycles. The highest BCUT2D eigenvalue weighted by atomic mass is 35.5. The highest BCUT2D eigenvalue weighted by Crippen LogP contribution is 2.33. The average molecular weight is 438 g/mol. The van der Waals surface area contributed by atoms with Crippen molar-refractivity contribution in [2.75, 3.05) is 5.32 Å². The molecule has 0 atom stereocenters. The molecule has 0 unspecified atom stereocenters. The minimum atomic E-state index is -0.616. The van der Waals surface area contributed by atoms with Gasteiger partial charge in [-0.3, -0.25) is 14.4 Å². The van der Waals surface area contributed by atoms with Crippen LogP contribution in [0.15, 0.2) is 53.5 Å². The van der Waals surface area contributed by atoms with Crippen LogP contribution in [0.1, 0.15) is 46.7 Å². The van der Waals surface area contributed by atoms with Crippen LogP contribution in [0.25, 0.3) is 0 Å². The summed E-state index contributed by atoms with van der Waals surface area (Å²) < 4.78 is 5.61. The molecule has 1 aliphatic rings. The Hall–Kier alpha value is -3.45.